The van der Waals surface area contributed by atoms with E-state index >= 15 is 0 Å². The smallest absolute Gasteiger partial charge is 0.327 e. The Hall–Kier alpha value is -1.57. The van der Waals surface area contributed by atoms with Crippen molar-refractivity contribution in [3.8, 4) is 6.07 Å². The number of hydrogen-bond donors (Lipinski definition) is 0. The molecule has 1 aliphatic carbocycles. The molecule has 2 unspecified atom stereocenters. The van der Waals surface area contributed by atoms with Crippen molar-refractivity contribution >= 4 is 11.9 Å². The first-order valence-corrected chi connectivity index (χ1v) is 10.2. The van der Waals surface area contributed by atoms with Gasteiger partial charge in [0.15, 0.2) is 5.41 Å². The van der Waals surface area contributed by atoms with Crippen molar-refractivity contribution in [1.82, 2.24) is 0 Å². The predicted octanol–water partition coefficient (Wildman–Crippen LogP) is 4.65. The number of ether oxygens (including phenoxy) is 2. The number of nitrogens with zero attached hydrogens (tertiary/aromatic N) is 1. The van der Waals surface area contributed by atoms with Crippen LogP contribution in [0.3, 0.4) is 0 Å². The lowest BCUT2D eigenvalue weighted by Gasteiger charge is -2.38. The van der Waals surface area contributed by atoms with Crippen LogP contribution in [0.2, 0.25) is 0 Å². The van der Waals surface area contributed by atoms with E-state index in [4.69, 9.17) is 9.47 Å². The standard InChI is InChI=1S/C21H35NO4/c1-5-7-13-25-19(23)18(16(3)4)21(15-22,17-11-9-10-12-17)20(24)26-14-8-6-2/h16-18H,5-14H2,1-4H3. The van der Waals surface area contributed by atoms with Gasteiger partial charge in [-0.25, -0.2) is 0 Å². The third kappa shape index (κ3) is 5.22. The summed E-state index contributed by atoms with van der Waals surface area (Å²) in [5, 5.41) is 10.1. The number of carbonyl (C=O) groups excluding carboxylic acids is 2. The zero-order valence-corrected chi connectivity index (χ0v) is 16.9. The maximum absolute atomic E-state index is 13.1. The lowest BCUT2D eigenvalue weighted by molar-refractivity contribution is -0.172. The molecular weight excluding hydrogens is 330 g/mol. The second-order valence-electron chi connectivity index (χ2n) is 7.69. The van der Waals surface area contributed by atoms with E-state index in [1.807, 2.05) is 27.7 Å². The topological polar surface area (TPSA) is 76.4 Å². The number of carbonyl (C=O) groups is 2. The Morgan fingerprint density at radius 1 is 1.08 bits per heavy atom. The SMILES string of the molecule is CCCCOC(=O)C(C(C)C)C(C#N)(C(=O)OCCCC)C1CCCC1. The highest BCUT2D eigenvalue weighted by Crippen LogP contribution is 2.48. The van der Waals surface area contributed by atoms with Crippen molar-refractivity contribution in [3.63, 3.8) is 0 Å². The zero-order valence-electron chi connectivity index (χ0n) is 16.9. The minimum absolute atomic E-state index is 0.146. The Labute approximate surface area is 158 Å². The molecule has 0 aromatic rings. The first kappa shape index (κ1) is 22.5. The van der Waals surface area contributed by atoms with Gasteiger partial charge in [-0.05, 0) is 37.5 Å². The van der Waals surface area contributed by atoms with Crippen LogP contribution in [0.1, 0.15) is 79.1 Å². The quantitative estimate of drug-likeness (QED) is 0.393. The molecular formula is C21H35NO4. The minimum atomic E-state index is -1.44. The molecule has 0 radical (unpaired) electrons. The van der Waals surface area contributed by atoms with Gasteiger partial charge in [-0.3, -0.25) is 9.59 Å². The van der Waals surface area contributed by atoms with E-state index in [-0.39, 0.29) is 11.8 Å². The van der Waals surface area contributed by atoms with Gasteiger partial charge in [0.25, 0.3) is 0 Å². The van der Waals surface area contributed by atoms with Crippen LogP contribution in [-0.2, 0) is 19.1 Å². The van der Waals surface area contributed by atoms with Gasteiger partial charge in [0.2, 0.25) is 0 Å². The number of rotatable bonds is 11. The number of esters is 2. The van der Waals surface area contributed by atoms with E-state index in [9.17, 15) is 14.9 Å². The van der Waals surface area contributed by atoms with Gasteiger partial charge < -0.3 is 9.47 Å². The van der Waals surface area contributed by atoms with Crippen LogP contribution >= 0.6 is 0 Å². The highest BCUT2D eigenvalue weighted by molar-refractivity contribution is 5.88. The predicted molar refractivity (Wildman–Crippen MR) is 100 cm³/mol. The molecule has 148 valence electrons. The lowest BCUT2D eigenvalue weighted by Crippen LogP contribution is -2.50. The highest BCUT2D eigenvalue weighted by atomic mass is 16.5. The van der Waals surface area contributed by atoms with Crippen LogP contribution in [0.15, 0.2) is 0 Å². The maximum Gasteiger partial charge on any atom is 0.327 e. The summed E-state index contributed by atoms with van der Waals surface area (Å²) in [6.07, 6.45) is 6.88. The van der Waals surface area contributed by atoms with E-state index in [0.29, 0.717) is 13.2 Å². The summed E-state index contributed by atoms with van der Waals surface area (Å²) in [7, 11) is 0. The summed E-state index contributed by atoms with van der Waals surface area (Å²) in [4.78, 5) is 26.0. The lowest BCUT2D eigenvalue weighted by atomic mass is 9.63. The van der Waals surface area contributed by atoms with Gasteiger partial charge in [-0.2, -0.15) is 5.26 Å². The number of hydrogen-bond acceptors (Lipinski definition) is 5. The third-order valence-electron chi connectivity index (χ3n) is 5.41. The molecule has 1 rings (SSSR count). The Balaban J connectivity index is 3.18. The van der Waals surface area contributed by atoms with Crippen molar-refractivity contribution in [3.05, 3.63) is 0 Å². The summed E-state index contributed by atoms with van der Waals surface area (Å²) >= 11 is 0. The van der Waals surface area contributed by atoms with Gasteiger partial charge in [-0.15, -0.1) is 0 Å². The van der Waals surface area contributed by atoms with E-state index in [1.54, 1.807) is 0 Å². The molecule has 1 aliphatic rings. The molecule has 0 aliphatic heterocycles. The van der Waals surface area contributed by atoms with Crippen LogP contribution in [0, 0.1) is 34.5 Å². The van der Waals surface area contributed by atoms with Gasteiger partial charge in [0, 0.05) is 0 Å². The summed E-state index contributed by atoms with van der Waals surface area (Å²) < 4.78 is 10.9. The average Bonchev–Trinajstić information content (AvgIpc) is 3.14. The summed E-state index contributed by atoms with van der Waals surface area (Å²) in [6, 6.07) is 2.26. The molecule has 0 N–H and O–H groups in total. The van der Waals surface area contributed by atoms with Crippen molar-refractivity contribution in [2.24, 2.45) is 23.2 Å². The van der Waals surface area contributed by atoms with Crippen LogP contribution in [0.4, 0.5) is 0 Å². The van der Waals surface area contributed by atoms with Gasteiger partial charge >= 0.3 is 11.9 Å². The molecule has 0 heterocycles. The largest absolute Gasteiger partial charge is 0.465 e. The fourth-order valence-electron chi connectivity index (χ4n) is 3.95. The zero-order chi connectivity index (χ0) is 19.6. The van der Waals surface area contributed by atoms with Crippen LogP contribution < -0.4 is 0 Å². The summed E-state index contributed by atoms with van der Waals surface area (Å²) in [5.74, 6) is -2.08. The molecule has 5 heteroatoms. The molecule has 0 aromatic carbocycles. The Bertz CT molecular complexity index is 491. The summed E-state index contributed by atoms with van der Waals surface area (Å²) in [5.41, 5.74) is -1.44. The first-order chi connectivity index (χ1) is 12.4. The molecule has 0 saturated heterocycles. The maximum atomic E-state index is 13.1. The second kappa shape index (κ2) is 11.2. The molecule has 0 amide bonds. The second-order valence-corrected chi connectivity index (χ2v) is 7.69. The van der Waals surface area contributed by atoms with Crippen molar-refractivity contribution in [1.29, 1.82) is 5.26 Å². The van der Waals surface area contributed by atoms with E-state index in [0.717, 1.165) is 51.4 Å². The van der Waals surface area contributed by atoms with Crippen molar-refractivity contribution < 1.29 is 19.1 Å². The van der Waals surface area contributed by atoms with Crippen LogP contribution in [0.25, 0.3) is 0 Å². The van der Waals surface area contributed by atoms with E-state index in [2.05, 4.69) is 6.07 Å². The van der Waals surface area contributed by atoms with E-state index < -0.39 is 23.3 Å². The molecule has 26 heavy (non-hydrogen) atoms. The minimum Gasteiger partial charge on any atom is -0.465 e. The van der Waals surface area contributed by atoms with Gasteiger partial charge in [-0.1, -0.05) is 53.4 Å². The van der Waals surface area contributed by atoms with Gasteiger partial charge in [0.05, 0.1) is 25.2 Å². The van der Waals surface area contributed by atoms with Crippen molar-refractivity contribution in [2.75, 3.05) is 13.2 Å². The molecule has 1 fully saturated rings. The molecule has 2 atom stereocenters. The Kier molecular flexibility index (Phi) is 9.69. The van der Waals surface area contributed by atoms with Crippen LogP contribution in [-0.4, -0.2) is 25.2 Å². The molecule has 0 spiro atoms. The fraction of sp³-hybridized carbons (Fsp3) is 0.857. The molecule has 1 saturated carbocycles. The molecule has 5 nitrogen and oxygen atoms in total. The van der Waals surface area contributed by atoms with Crippen LogP contribution in [0.5, 0.6) is 0 Å². The van der Waals surface area contributed by atoms with Gasteiger partial charge in [0.1, 0.15) is 0 Å². The Morgan fingerprint density at radius 3 is 2.08 bits per heavy atom. The number of nitriles is 1. The average molecular weight is 366 g/mol. The Morgan fingerprint density at radius 2 is 1.62 bits per heavy atom. The number of unbranched alkanes of at least 4 members (excludes halogenated alkanes) is 2. The fourth-order valence-corrected chi connectivity index (χ4v) is 3.95. The van der Waals surface area contributed by atoms with E-state index in [1.165, 1.54) is 0 Å². The monoisotopic (exact) mass is 365 g/mol. The highest BCUT2D eigenvalue weighted by Gasteiger charge is 2.58. The normalized spacial score (nSPS) is 18.2. The first-order valence-electron chi connectivity index (χ1n) is 10.2. The molecule has 0 aromatic heterocycles. The van der Waals surface area contributed by atoms with Crippen molar-refractivity contribution in [2.45, 2.75) is 79.1 Å². The summed E-state index contributed by atoms with van der Waals surface area (Å²) in [6.45, 7) is 8.43. The third-order valence-corrected chi connectivity index (χ3v) is 5.41. The molecule has 0 bridgehead atoms.